The lowest BCUT2D eigenvalue weighted by molar-refractivity contribution is 0.196. The van der Waals surface area contributed by atoms with Crippen LogP contribution in [0.15, 0.2) is 42.6 Å². The van der Waals surface area contributed by atoms with E-state index in [0.29, 0.717) is 5.88 Å². The van der Waals surface area contributed by atoms with Crippen molar-refractivity contribution in [3.05, 3.63) is 53.7 Å². The minimum Gasteiger partial charge on any atom is -0.475 e. The predicted octanol–water partition coefficient (Wildman–Crippen LogP) is 2.37. The van der Waals surface area contributed by atoms with Crippen LogP contribution in [-0.2, 0) is 6.54 Å². The van der Waals surface area contributed by atoms with Crippen molar-refractivity contribution in [3.63, 3.8) is 0 Å². The molecule has 0 aliphatic rings. The summed E-state index contributed by atoms with van der Waals surface area (Å²) < 4.78 is 5.20. The lowest BCUT2D eigenvalue weighted by atomic mass is 10.1. The maximum Gasteiger partial charge on any atom is 0.213 e. The Bertz CT molecular complexity index is 495. The van der Waals surface area contributed by atoms with Gasteiger partial charge in [0.25, 0.3) is 0 Å². The number of anilines is 1. The van der Waals surface area contributed by atoms with Crippen molar-refractivity contribution < 1.29 is 9.84 Å². The van der Waals surface area contributed by atoms with Gasteiger partial charge in [0, 0.05) is 12.6 Å². The zero-order valence-corrected chi connectivity index (χ0v) is 11.0. The Kier molecular flexibility index (Phi) is 4.75. The highest BCUT2D eigenvalue weighted by Gasteiger charge is 1.97. The molecule has 0 bridgehead atoms. The van der Waals surface area contributed by atoms with E-state index in [1.807, 2.05) is 6.07 Å². The van der Waals surface area contributed by atoms with E-state index in [9.17, 15) is 0 Å². The molecule has 0 saturated carbocycles. The minimum absolute atomic E-state index is 0.00486. The van der Waals surface area contributed by atoms with Crippen LogP contribution in [0.1, 0.15) is 11.1 Å². The first-order valence-corrected chi connectivity index (χ1v) is 6.27. The number of nitrogens with zero attached hydrogens (tertiary/aromatic N) is 1. The molecule has 0 spiro atoms. The van der Waals surface area contributed by atoms with E-state index in [0.717, 1.165) is 12.2 Å². The Labute approximate surface area is 113 Å². The summed E-state index contributed by atoms with van der Waals surface area (Å²) in [5, 5.41) is 11.9. The van der Waals surface area contributed by atoms with Gasteiger partial charge in [0.15, 0.2) is 0 Å². The second-order valence-corrected chi connectivity index (χ2v) is 4.30. The molecular formula is C15H18N2O2. The van der Waals surface area contributed by atoms with Crippen molar-refractivity contribution in [1.29, 1.82) is 0 Å². The highest BCUT2D eigenvalue weighted by atomic mass is 16.5. The van der Waals surface area contributed by atoms with Crippen molar-refractivity contribution in [2.75, 3.05) is 18.5 Å². The number of hydrogen-bond acceptors (Lipinski definition) is 4. The largest absolute Gasteiger partial charge is 0.475 e. The Hall–Kier alpha value is -2.07. The average molecular weight is 258 g/mol. The fourth-order valence-corrected chi connectivity index (χ4v) is 1.63. The number of aryl methyl sites for hydroxylation is 1. The first-order valence-electron chi connectivity index (χ1n) is 6.27. The maximum absolute atomic E-state index is 8.65. The zero-order valence-electron chi connectivity index (χ0n) is 11.0. The van der Waals surface area contributed by atoms with E-state index < -0.39 is 0 Å². The minimum atomic E-state index is -0.00486. The van der Waals surface area contributed by atoms with E-state index >= 15 is 0 Å². The Morgan fingerprint density at radius 3 is 2.58 bits per heavy atom. The van der Waals surface area contributed by atoms with Gasteiger partial charge in [-0.05, 0) is 18.6 Å². The third kappa shape index (κ3) is 4.26. The van der Waals surface area contributed by atoms with Crippen molar-refractivity contribution in [2.45, 2.75) is 13.5 Å². The van der Waals surface area contributed by atoms with Crippen LogP contribution in [0.5, 0.6) is 5.88 Å². The third-order valence-corrected chi connectivity index (χ3v) is 2.69. The second kappa shape index (κ2) is 6.75. The highest BCUT2D eigenvalue weighted by molar-refractivity contribution is 5.42. The number of rotatable bonds is 6. The molecule has 0 aliphatic carbocycles. The summed E-state index contributed by atoms with van der Waals surface area (Å²) in [7, 11) is 0. The summed E-state index contributed by atoms with van der Waals surface area (Å²) >= 11 is 0. The molecule has 4 nitrogen and oxygen atoms in total. The summed E-state index contributed by atoms with van der Waals surface area (Å²) in [6.45, 7) is 3.10. The number of benzene rings is 1. The van der Waals surface area contributed by atoms with Crippen molar-refractivity contribution in [2.24, 2.45) is 0 Å². The molecule has 19 heavy (non-hydrogen) atoms. The van der Waals surface area contributed by atoms with Gasteiger partial charge in [-0.15, -0.1) is 0 Å². The molecule has 2 rings (SSSR count). The molecule has 0 unspecified atom stereocenters. The van der Waals surface area contributed by atoms with Crippen molar-refractivity contribution >= 4 is 5.69 Å². The molecule has 2 aromatic rings. The number of hydrogen-bond donors (Lipinski definition) is 2. The van der Waals surface area contributed by atoms with Gasteiger partial charge in [-0.2, -0.15) is 0 Å². The van der Waals surface area contributed by atoms with Crippen LogP contribution in [0.3, 0.4) is 0 Å². The molecule has 0 aliphatic heterocycles. The van der Waals surface area contributed by atoms with E-state index in [1.54, 1.807) is 12.3 Å². The number of pyridine rings is 1. The molecular weight excluding hydrogens is 240 g/mol. The van der Waals surface area contributed by atoms with E-state index in [1.165, 1.54) is 11.1 Å². The van der Waals surface area contributed by atoms with Crippen LogP contribution in [0.25, 0.3) is 0 Å². The SMILES string of the molecule is Cc1ccc(CNc2ccc(OCCO)nc2)cc1. The predicted molar refractivity (Wildman–Crippen MR) is 75.3 cm³/mol. The van der Waals surface area contributed by atoms with Gasteiger partial charge in [-0.1, -0.05) is 29.8 Å². The molecule has 1 aromatic carbocycles. The van der Waals surface area contributed by atoms with Gasteiger partial charge in [-0.3, -0.25) is 0 Å². The summed E-state index contributed by atoms with van der Waals surface area (Å²) in [5.74, 6) is 0.523. The third-order valence-electron chi connectivity index (χ3n) is 2.69. The zero-order chi connectivity index (χ0) is 13.5. The van der Waals surface area contributed by atoms with Crippen molar-refractivity contribution in [1.82, 2.24) is 4.98 Å². The standard InChI is InChI=1S/C15H18N2O2/c1-12-2-4-13(5-3-12)10-16-14-6-7-15(17-11-14)19-9-8-18/h2-7,11,16,18H,8-10H2,1H3. The van der Waals surface area contributed by atoms with Crippen LogP contribution >= 0.6 is 0 Å². The number of aromatic nitrogens is 1. The Balaban J connectivity index is 1.87. The van der Waals surface area contributed by atoms with Crippen LogP contribution in [0, 0.1) is 6.92 Å². The van der Waals surface area contributed by atoms with Crippen molar-refractivity contribution in [3.8, 4) is 5.88 Å². The molecule has 0 atom stereocenters. The molecule has 2 N–H and O–H groups in total. The Morgan fingerprint density at radius 1 is 1.16 bits per heavy atom. The molecule has 100 valence electrons. The molecule has 4 heteroatoms. The van der Waals surface area contributed by atoms with Crippen LogP contribution in [0.4, 0.5) is 5.69 Å². The first-order chi connectivity index (χ1) is 9.28. The van der Waals surface area contributed by atoms with Gasteiger partial charge in [-0.25, -0.2) is 4.98 Å². The van der Waals surface area contributed by atoms with Gasteiger partial charge in [0.05, 0.1) is 18.5 Å². The smallest absolute Gasteiger partial charge is 0.213 e. The van der Waals surface area contributed by atoms with Crippen LogP contribution < -0.4 is 10.1 Å². The molecule has 1 aromatic heterocycles. The summed E-state index contributed by atoms with van der Waals surface area (Å²) in [6.07, 6.45) is 1.72. The van der Waals surface area contributed by atoms with Crippen LogP contribution in [0.2, 0.25) is 0 Å². The number of nitrogens with one attached hydrogen (secondary N) is 1. The normalized spacial score (nSPS) is 10.2. The lowest BCUT2D eigenvalue weighted by Gasteiger charge is -2.08. The fraction of sp³-hybridized carbons (Fsp3) is 0.267. The number of aliphatic hydroxyl groups excluding tert-OH is 1. The monoisotopic (exact) mass is 258 g/mol. The fourth-order valence-electron chi connectivity index (χ4n) is 1.63. The molecule has 0 radical (unpaired) electrons. The van der Waals surface area contributed by atoms with Gasteiger partial charge in [0.2, 0.25) is 5.88 Å². The summed E-state index contributed by atoms with van der Waals surface area (Å²) in [4.78, 5) is 4.15. The average Bonchev–Trinajstić information content (AvgIpc) is 2.46. The topological polar surface area (TPSA) is 54.4 Å². The van der Waals surface area contributed by atoms with E-state index in [-0.39, 0.29) is 13.2 Å². The highest BCUT2D eigenvalue weighted by Crippen LogP contribution is 2.13. The molecule has 0 saturated heterocycles. The second-order valence-electron chi connectivity index (χ2n) is 4.30. The van der Waals surface area contributed by atoms with Gasteiger partial charge >= 0.3 is 0 Å². The molecule has 0 fully saturated rings. The summed E-state index contributed by atoms with van der Waals surface area (Å²) in [5.41, 5.74) is 3.43. The lowest BCUT2D eigenvalue weighted by Crippen LogP contribution is -2.04. The summed E-state index contributed by atoms with van der Waals surface area (Å²) in [6, 6.07) is 12.1. The first kappa shape index (κ1) is 13.4. The quantitative estimate of drug-likeness (QED) is 0.835. The van der Waals surface area contributed by atoms with E-state index in [2.05, 4.69) is 41.5 Å². The Morgan fingerprint density at radius 2 is 1.95 bits per heavy atom. The molecule has 0 amide bonds. The van der Waals surface area contributed by atoms with Gasteiger partial charge < -0.3 is 15.2 Å². The number of aliphatic hydroxyl groups is 1. The number of ether oxygens (including phenoxy) is 1. The van der Waals surface area contributed by atoms with Gasteiger partial charge in [0.1, 0.15) is 6.61 Å². The maximum atomic E-state index is 8.65. The van der Waals surface area contributed by atoms with E-state index in [4.69, 9.17) is 9.84 Å². The van der Waals surface area contributed by atoms with Crippen LogP contribution in [-0.4, -0.2) is 23.3 Å². The molecule has 1 heterocycles.